The van der Waals surface area contributed by atoms with Crippen LogP contribution in [0.3, 0.4) is 0 Å². The molecule has 5 nitrogen and oxygen atoms in total. The van der Waals surface area contributed by atoms with Crippen molar-refractivity contribution in [3.63, 3.8) is 0 Å². The fourth-order valence-electron chi connectivity index (χ4n) is 2.75. The summed E-state index contributed by atoms with van der Waals surface area (Å²) in [5.74, 6) is 1.99. The molecule has 0 bridgehead atoms. The fourth-order valence-corrected chi connectivity index (χ4v) is 2.75. The van der Waals surface area contributed by atoms with Gasteiger partial charge in [-0.2, -0.15) is 0 Å². The van der Waals surface area contributed by atoms with Gasteiger partial charge in [-0.05, 0) is 69.5 Å². The van der Waals surface area contributed by atoms with Gasteiger partial charge in [-0.3, -0.25) is 4.79 Å². The second kappa shape index (κ2) is 10.5. The molecular formula is C22H29NO4. The van der Waals surface area contributed by atoms with E-state index in [-0.39, 0.29) is 11.9 Å². The van der Waals surface area contributed by atoms with E-state index in [2.05, 4.69) is 5.32 Å². The molecule has 2 aromatic rings. The largest absolute Gasteiger partial charge is 0.497 e. The molecular weight excluding hydrogens is 342 g/mol. The molecule has 1 unspecified atom stereocenters. The third kappa shape index (κ3) is 6.20. The molecule has 0 aliphatic rings. The molecule has 0 radical (unpaired) electrons. The minimum Gasteiger partial charge on any atom is -0.497 e. The first-order chi connectivity index (χ1) is 13.1. The van der Waals surface area contributed by atoms with Crippen LogP contribution in [-0.2, 0) is 6.42 Å². The second-order valence-corrected chi connectivity index (χ2v) is 6.29. The lowest BCUT2D eigenvalue weighted by atomic mass is 10.1. The van der Waals surface area contributed by atoms with E-state index < -0.39 is 0 Å². The molecule has 0 heterocycles. The Kier molecular flexibility index (Phi) is 7.99. The van der Waals surface area contributed by atoms with Gasteiger partial charge in [0, 0.05) is 11.6 Å². The van der Waals surface area contributed by atoms with Gasteiger partial charge in [0.2, 0.25) is 0 Å². The molecule has 27 heavy (non-hydrogen) atoms. The number of carbonyl (C=O) groups excluding carboxylic acids is 1. The van der Waals surface area contributed by atoms with E-state index in [0.29, 0.717) is 30.3 Å². The Labute approximate surface area is 161 Å². The Bertz CT molecular complexity index is 728. The molecule has 0 aliphatic carbocycles. The van der Waals surface area contributed by atoms with Crippen LogP contribution in [0.5, 0.6) is 17.2 Å². The van der Waals surface area contributed by atoms with Crippen LogP contribution in [0.15, 0.2) is 42.5 Å². The molecule has 0 aromatic heterocycles. The van der Waals surface area contributed by atoms with Gasteiger partial charge < -0.3 is 19.5 Å². The molecule has 5 heteroatoms. The summed E-state index contributed by atoms with van der Waals surface area (Å²) < 4.78 is 16.3. The van der Waals surface area contributed by atoms with Gasteiger partial charge in [-0.15, -0.1) is 0 Å². The summed E-state index contributed by atoms with van der Waals surface area (Å²) in [6.07, 6.45) is 1.74. The number of hydrogen-bond donors (Lipinski definition) is 1. The summed E-state index contributed by atoms with van der Waals surface area (Å²) >= 11 is 0. The van der Waals surface area contributed by atoms with Crippen LogP contribution in [0.25, 0.3) is 0 Å². The molecule has 0 aliphatic heterocycles. The maximum absolute atomic E-state index is 12.6. The first kappa shape index (κ1) is 20.6. The average Bonchev–Trinajstić information content (AvgIpc) is 2.68. The van der Waals surface area contributed by atoms with Crippen molar-refractivity contribution >= 4 is 5.91 Å². The molecule has 0 saturated carbocycles. The van der Waals surface area contributed by atoms with Crippen LogP contribution in [0.4, 0.5) is 0 Å². The standard InChI is InChI=1S/C22H29NO4/c1-5-26-20-14-11-18(15-21(20)27-6-2)22(24)23-16(3)7-8-17-9-12-19(25-4)13-10-17/h9-16H,5-8H2,1-4H3,(H,23,24). The Morgan fingerprint density at radius 1 is 1.00 bits per heavy atom. The van der Waals surface area contributed by atoms with Gasteiger partial charge in [-0.1, -0.05) is 12.1 Å². The SMILES string of the molecule is CCOc1ccc(C(=O)NC(C)CCc2ccc(OC)cc2)cc1OCC. The van der Waals surface area contributed by atoms with Crippen molar-refractivity contribution in [2.75, 3.05) is 20.3 Å². The van der Waals surface area contributed by atoms with E-state index in [4.69, 9.17) is 14.2 Å². The lowest BCUT2D eigenvalue weighted by Crippen LogP contribution is -2.32. The van der Waals surface area contributed by atoms with E-state index in [9.17, 15) is 4.79 Å². The van der Waals surface area contributed by atoms with Crippen LogP contribution >= 0.6 is 0 Å². The number of ether oxygens (including phenoxy) is 3. The maximum Gasteiger partial charge on any atom is 0.251 e. The van der Waals surface area contributed by atoms with Crippen molar-refractivity contribution in [2.45, 2.75) is 39.7 Å². The summed E-state index contributed by atoms with van der Waals surface area (Å²) in [4.78, 5) is 12.6. The van der Waals surface area contributed by atoms with Crippen LogP contribution in [0.2, 0.25) is 0 Å². The van der Waals surface area contributed by atoms with Crippen LogP contribution in [-0.4, -0.2) is 32.3 Å². The molecule has 0 fully saturated rings. The third-order valence-electron chi connectivity index (χ3n) is 4.21. The molecule has 2 aromatic carbocycles. The quantitative estimate of drug-likeness (QED) is 0.679. The highest BCUT2D eigenvalue weighted by Gasteiger charge is 2.14. The van der Waals surface area contributed by atoms with Crippen molar-refractivity contribution in [3.8, 4) is 17.2 Å². The highest BCUT2D eigenvalue weighted by molar-refractivity contribution is 5.95. The van der Waals surface area contributed by atoms with E-state index in [1.807, 2.05) is 45.0 Å². The smallest absolute Gasteiger partial charge is 0.251 e. The number of nitrogens with one attached hydrogen (secondary N) is 1. The Balaban J connectivity index is 1.93. The number of methoxy groups -OCH3 is 1. The Morgan fingerprint density at radius 3 is 2.30 bits per heavy atom. The zero-order chi connectivity index (χ0) is 19.6. The Hall–Kier alpha value is -2.69. The fraction of sp³-hybridized carbons (Fsp3) is 0.409. The number of rotatable bonds is 10. The molecule has 1 atom stereocenters. The van der Waals surface area contributed by atoms with Crippen LogP contribution in [0.1, 0.15) is 43.1 Å². The van der Waals surface area contributed by atoms with E-state index >= 15 is 0 Å². The number of benzene rings is 2. The highest BCUT2D eigenvalue weighted by Crippen LogP contribution is 2.28. The monoisotopic (exact) mass is 371 g/mol. The molecule has 1 N–H and O–H groups in total. The van der Waals surface area contributed by atoms with Crippen molar-refractivity contribution in [1.82, 2.24) is 5.32 Å². The number of aryl methyl sites for hydroxylation is 1. The van der Waals surface area contributed by atoms with Gasteiger partial charge in [0.1, 0.15) is 5.75 Å². The molecule has 0 spiro atoms. The van der Waals surface area contributed by atoms with Gasteiger partial charge in [0.25, 0.3) is 5.91 Å². The zero-order valence-electron chi connectivity index (χ0n) is 16.6. The summed E-state index contributed by atoms with van der Waals surface area (Å²) in [6.45, 7) is 6.90. The molecule has 1 amide bonds. The topological polar surface area (TPSA) is 56.8 Å². The van der Waals surface area contributed by atoms with E-state index in [1.54, 1.807) is 25.3 Å². The molecule has 2 rings (SSSR count). The first-order valence-corrected chi connectivity index (χ1v) is 9.40. The predicted molar refractivity (Wildman–Crippen MR) is 107 cm³/mol. The predicted octanol–water partition coefficient (Wildman–Crippen LogP) is 4.24. The summed E-state index contributed by atoms with van der Waals surface area (Å²) in [7, 11) is 1.66. The first-order valence-electron chi connectivity index (χ1n) is 9.40. The van der Waals surface area contributed by atoms with Gasteiger partial charge in [-0.25, -0.2) is 0 Å². The lowest BCUT2D eigenvalue weighted by molar-refractivity contribution is 0.0938. The Morgan fingerprint density at radius 2 is 1.67 bits per heavy atom. The van der Waals surface area contributed by atoms with Crippen LogP contribution in [0, 0.1) is 0 Å². The minimum atomic E-state index is -0.110. The van der Waals surface area contributed by atoms with Crippen molar-refractivity contribution in [1.29, 1.82) is 0 Å². The molecule has 0 saturated heterocycles. The maximum atomic E-state index is 12.6. The average molecular weight is 371 g/mol. The van der Waals surface area contributed by atoms with Crippen molar-refractivity contribution in [3.05, 3.63) is 53.6 Å². The van der Waals surface area contributed by atoms with Gasteiger partial charge in [0.15, 0.2) is 11.5 Å². The zero-order valence-corrected chi connectivity index (χ0v) is 16.6. The minimum absolute atomic E-state index is 0.0571. The summed E-state index contributed by atoms with van der Waals surface area (Å²) in [5.41, 5.74) is 1.79. The lowest BCUT2D eigenvalue weighted by Gasteiger charge is -2.16. The third-order valence-corrected chi connectivity index (χ3v) is 4.21. The second-order valence-electron chi connectivity index (χ2n) is 6.29. The number of hydrogen-bond acceptors (Lipinski definition) is 4. The van der Waals surface area contributed by atoms with E-state index in [1.165, 1.54) is 5.56 Å². The number of carbonyl (C=O) groups is 1. The number of amides is 1. The van der Waals surface area contributed by atoms with Gasteiger partial charge in [0.05, 0.1) is 20.3 Å². The van der Waals surface area contributed by atoms with Crippen molar-refractivity contribution in [2.24, 2.45) is 0 Å². The van der Waals surface area contributed by atoms with Gasteiger partial charge >= 0.3 is 0 Å². The molecule has 146 valence electrons. The van der Waals surface area contributed by atoms with Crippen molar-refractivity contribution < 1.29 is 19.0 Å². The highest BCUT2D eigenvalue weighted by atomic mass is 16.5. The normalized spacial score (nSPS) is 11.6. The van der Waals surface area contributed by atoms with Crippen LogP contribution < -0.4 is 19.5 Å². The summed E-state index contributed by atoms with van der Waals surface area (Å²) in [6, 6.07) is 13.3. The summed E-state index contributed by atoms with van der Waals surface area (Å²) in [5, 5.41) is 3.05. The van der Waals surface area contributed by atoms with E-state index in [0.717, 1.165) is 18.6 Å².